The van der Waals surface area contributed by atoms with Crippen molar-refractivity contribution >= 4 is 23.1 Å². The molecule has 1 atom stereocenters. The third-order valence-electron chi connectivity index (χ3n) is 5.74. The highest BCUT2D eigenvalue weighted by Crippen LogP contribution is 2.47. The highest BCUT2D eigenvalue weighted by Gasteiger charge is 2.41. The van der Waals surface area contributed by atoms with Crippen LogP contribution < -0.4 is 9.64 Å². The van der Waals surface area contributed by atoms with E-state index in [9.17, 15) is 14.9 Å². The Morgan fingerprint density at radius 2 is 1.49 bits per heavy atom. The van der Waals surface area contributed by atoms with Gasteiger partial charge in [-0.05, 0) is 42.3 Å². The van der Waals surface area contributed by atoms with Crippen molar-refractivity contribution in [3.8, 4) is 11.8 Å². The van der Waals surface area contributed by atoms with Crippen LogP contribution in [0.1, 0.15) is 30.9 Å². The van der Waals surface area contributed by atoms with Gasteiger partial charge in [-0.15, -0.1) is 0 Å². The van der Waals surface area contributed by atoms with Crippen LogP contribution in [0.25, 0.3) is 5.70 Å². The van der Waals surface area contributed by atoms with Crippen molar-refractivity contribution in [1.82, 2.24) is 0 Å². The van der Waals surface area contributed by atoms with E-state index in [0.717, 1.165) is 5.56 Å². The molecule has 1 aliphatic rings. The Kier molecular flexibility index (Phi) is 6.79. The lowest BCUT2D eigenvalue weighted by molar-refractivity contribution is -0.137. The summed E-state index contributed by atoms with van der Waals surface area (Å²) in [5.74, 6) is -0.874. The first kappa shape index (κ1) is 23.5. The molecule has 4 rings (SSSR count). The Morgan fingerprint density at radius 1 is 0.886 bits per heavy atom. The third kappa shape index (κ3) is 4.57. The number of ether oxygens (including phenoxy) is 2. The van der Waals surface area contributed by atoms with E-state index >= 15 is 0 Å². The lowest BCUT2D eigenvalue weighted by Crippen LogP contribution is -2.34. The molecular weight excluding hydrogens is 440 g/mol. The van der Waals surface area contributed by atoms with Gasteiger partial charge in [0.15, 0.2) is 5.78 Å². The molecule has 174 valence electrons. The van der Waals surface area contributed by atoms with E-state index in [2.05, 4.69) is 6.07 Å². The van der Waals surface area contributed by atoms with Gasteiger partial charge in [-0.25, -0.2) is 0 Å². The van der Waals surface area contributed by atoms with Crippen molar-refractivity contribution in [2.75, 3.05) is 12.0 Å². The molecule has 0 saturated carbocycles. The second-order valence-corrected chi connectivity index (χ2v) is 7.99. The zero-order chi connectivity index (χ0) is 24.9. The number of nitriles is 1. The quantitative estimate of drug-likeness (QED) is 0.442. The fraction of sp³-hybridized carbons (Fsp3) is 0.138. The highest BCUT2D eigenvalue weighted by atomic mass is 16.5. The number of carbonyl (C=O) groups excluding carboxylic acids is 2. The van der Waals surface area contributed by atoms with Gasteiger partial charge in [-0.3, -0.25) is 14.5 Å². The van der Waals surface area contributed by atoms with Crippen LogP contribution in [0, 0.1) is 11.3 Å². The summed E-state index contributed by atoms with van der Waals surface area (Å²) >= 11 is 0. The number of para-hydroxylation sites is 1. The zero-order valence-corrected chi connectivity index (χ0v) is 19.7. The van der Waals surface area contributed by atoms with E-state index in [-0.39, 0.29) is 17.2 Å². The summed E-state index contributed by atoms with van der Waals surface area (Å²) in [6.45, 7) is 2.71. The summed E-state index contributed by atoms with van der Waals surface area (Å²) in [4.78, 5) is 27.1. The summed E-state index contributed by atoms with van der Waals surface area (Å²) in [5, 5.41) is 10.5. The fourth-order valence-corrected chi connectivity index (χ4v) is 4.29. The van der Waals surface area contributed by atoms with E-state index in [1.54, 1.807) is 24.1 Å². The molecule has 6 nitrogen and oxygen atoms in total. The third-order valence-corrected chi connectivity index (χ3v) is 5.74. The molecule has 0 amide bonds. The molecular formula is C29H24N2O4. The smallest absolute Gasteiger partial charge is 0.309 e. The van der Waals surface area contributed by atoms with Gasteiger partial charge in [-0.2, -0.15) is 5.26 Å². The number of rotatable bonds is 6. The van der Waals surface area contributed by atoms with E-state index < -0.39 is 11.9 Å². The highest BCUT2D eigenvalue weighted by molar-refractivity contribution is 6.02. The van der Waals surface area contributed by atoms with Crippen LogP contribution in [0.5, 0.6) is 5.75 Å². The Balaban J connectivity index is 2.11. The molecule has 1 unspecified atom stereocenters. The minimum Gasteiger partial charge on any atom is -0.497 e. The maximum atomic E-state index is 13.1. The van der Waals surface area contributed by atoms with Crippen LogP contribution in [0.2, 0.25) is 0 Å². The van der Waals surface area contributed by atoms with Gasteiger partial charge in [0, 0.05) is 12.6 Å². The summed E-state index contributed by atoms with van der Waals surface area (Å²) in [6.07, 6.45) is 0. The summed E-state index contributed by atoms with van der Waals surface area (Å²) < 4.78 is 11.0. The van der Waals surface area contributed by atoms with Crippen LogP contribution >= 0.6 is 0 Å². The fourth-order valence-electron chi connectivity index (χ4n) is 4.29. The van der Waals surface area contributed by atoms with Gasteiger partial charge in [0.05, 0.1) is 35.9 Å². The van der Waals surface area contributed by atoms with Gasteiger partial charge >= 0.3 is 5.97 Å². The van der Waals surface area contributed by atoms with Crippen molar-refractivity contribution in [3.63, 3.8) is 0 Å². The largest absolute Gasteiger partial charge is 0.497 e. The first-order valence-electron chi connectivity index (χ1n) is 11.1. The lowest BCUT2D eigenvalue weighted by Gasteiger charge is -2.38. The molecule has 0 bridgehead atoms. The molecule has 0 aliphatic carbocycles. The predicted molar refractivity (Wildman–Crippen MR) is 133 cm³/mol. The number of methoxy groups -OCH3 is 1. The molecule has 0 saturated heterocycles. The van der Waals surface area contributed by atoms with Gasteiger partial charge < -0.3 is 9.47 Å². The van der Waals surface area contributed by atoms with Crippen LogP contribution in [0.15, 0.2) is 102 Å². The minimum absolute atomic E-state index is 0.0925. The van der Waals surface area contributed by atoms with Crippen LogP contribution in [0.3, 0.4) is 0 Å². The van der Waals surface area contributed by atoms with E-state index in [1.807, 2.05) is 72.8 Å². The number of hydrogen-bond acceptors (Lipinski definition) is 6. The SMILES string of the molecule is COc1ccc(C2C(C#N)=C(c3ccccc3)N(c3ccccc3)C(OC(C)=O)=C2C(C)=O)cc1. The summed E-state index contributed by atoms with van der Waals surface area (Å²) in [5.41, 5.74) is 3.25. The Morgan fingerprint density at radius 3 is 2.00 bits per heavy atom. The van der Waals surface area contributed by atoms with Gasteiger partial charge in [0.25, 0.3) is 0 Å². The van der Waals surface area contributed by atoms with E-state index in [4.69, 9.17) is 9.47 Å². The van der Waals surface area contributed by atoms with Crippen LogP contribution in [-0.2, 0) is 14.3 Å². The normalized spacial score (nSPS) is 15.5. The molecule has 35 heavy (non-hydrogen) atoms. The average Bonchev–Trinajstić information content (AvgIpc) is 2.88. The van der Waals surface area contributed by atoms with Crippen LogP contribution in [0.4, 0.5) is 5.69 Å². The predicted octanol–water partition coefficient (Wildman–Crippen LogP) is 5.60. The second-order valence-electron chi connectivity index (χ2n) is 7.99. The molecule has 3 aromatic carbocycles. The average molecular weight is 465 g/mol. The maximum Gasteiger partial charge on any atom is 0.309 e. The first-order chi connectivity index (χ1) is 17.0. The zero-order valence-electron chi connectivity index (χ0n) is 19.7. The summed E-state index contributed by atoms with van der Waals surface area (Å²) in [7, 11) is 1.57. The molecule has 0 N–H and O–H groups in total. The van der Waals surface area contributed by atoms with Gasteiger partial charge in [0.2, 0.25) is 5.88 Å². The number of benzene rings is 3. The number of hydrogen-bond donors (Lipinski definition) is 0. The number of carbonyl (C=O) groups is 2. The number of allylic oxidation sites excluding steroid dienone is 2. The number of ketones is 1. The van der Waals surface area contributed by atoms with Crippen molar-refractivity contribution in [2.24, 2.45) is 0 Å². The monoisotopic (exact) mass is 464 g/mol. The number of Topliss-reactive ketones (excluding diaryl/α,β-unsaturated/α-hetero) is 1. The summed E-state index contributed by atoms with van der Waals surface area (Å²) in [6, 6.07) is 28.2. The first-order valence-corrected chi connectivity index (χ1v) is 11.1. The van der Waals surface area contributed by atoms with E-state index in [1.165, 1.54) is 13.8 Å². The van der Waals surface area contributed by atoms with Gasteiger partial charge in [-0.1, -0.05) is 60.7 Å². The molecule has 0 spiro atoms. The van der Waals surface area contributed by atoms with E-state index in [0.29, 0.717) is 28.3 Å². The number of nitrogens with zero attached hydrogens (tertiary/aromatic N) is 2. The minimum atomic E-state index is -0.743. The molecule has 0 radical (unpaired) electrons. The van der Waals surface area contributed by atoms with Crippen molar-refractivity contribution in [3.05, 3.63) is 113 Å². The Labute approximate surface area is 204 Å². The second kappa shape index (κ2) is 10.1. The molecule has 0 aromatic heterocycles. The van der Waals surface area contributed by atoms with Crippen LogP contribution in [-0.4, -0.2) is 18.9 Å². The van der Waals surface area contributed by atoms with Crippen molar-refractivity contribution in [1.29, 1.82) is 5.26 Å². The molecule has 1 aliphatic heterocycles. The Hall–Kier alpha value is -4.63. The molecule has 3 aromatic rings. The Bertz CT molecular complexity index is 1350. The van der Waals surface area contributed by atoms with Gasteiger partial charge in [0.1, 0.15) is 5.75 Å². The molecule has 0 fully saturated rings. The lowest BCUT2D eigenvalue weighted by atomic mass is 9.79. The van der Waals surface area contributed by atoms with Crippen molar-refractivity contribution < 1.29 is 19.1 Å². The maximum absolute atomic E-state index is 13.1. The molecule has 1 heterocycles. The standard InChI is InChI=1S/C29H24N2O4/c1-19(32)26-27(21-14-16-24(34-3)17-15-21)25(18-30)28(22-10-6-4-7-11-22)31(29(26)35-20(2)33)23-12-8-5-9-13-23/h4-17,27H,1-3H3. The number of anilines is 1. The topological polar surface area (TPSA) is 79.6 Å². The number of esters is 1. The van der Waals surface area contributed by atoms with Crippen molar-refractivity contribution in [2.45, 2.75) is 19.8 Å². The molecule has 6 heteroatoms.